The number of amides is 3. The number of carbonyl (C=O) groups is 3. The molecule has 2 N–H and O–H groups in total. The van der Waals surface area contributed by atoms with E-state index in [0.717, 1.165) is 5.56 Å². The summed E-state index contributed by atoms with van der Waals surface area (Å²) in [6.07, 6.45) is 1.18. The van der Waals surface area contributed by atoms with E-state index in [-0.39, 0.29) is 36.0 Å². The summed E-state index contributed by atoms with van der Waals surface area (Å²) in [7, 11) is 0. The Kier molecular flexibility index (Phi) is 7.89. The zero-order valence-corrected chi connectivity index (χ0v) is 19.9. The third-order valence-electron chi connectivity index (χ3n) is 5.95. The van der Waals surface area contributed by atoms with Crippen LogP contribution in [-0.4, -0.2) is 47.2 Å². The summed E-state index contributed by atoms with van der Waals surface area (Å²) < 4.78 is 18.8. The summed E-state index contributed by atoms with van der Waals surface area (Å²) in [5, 5.41) is 5.38. The third kappa shape index (κ3) is 6.65. The number of pyridine rings is 1. The van der Waals surface area contributed by atoms with Crippen LogP contribution in [0, 0.1) is 11.7 Å². The van der Waals surface area contributed by atoms with Crippen LogP contribution in [0.25, 0.3) is 11.3 Å². The Labute approximate surface area is 208 Å². The van der Waals surface area contributed by atoms with Crippen molar-refractivity contribution in [3.8, 4) is 22.8 Å². The Morgan fingerprint density at radius 2 is 1.61 bits per heavy atom. The first kappa shape index (κ1) is 24.8. The van der Waals surface area contributed by atoms with Crippen LogP contribution in [0.15, 0.2) is 66.7 Å². The molecule has 0 atom stereocenters. The number of carbonyl (C=O) groups excluding carboxylic acids is 3. The van der Waals surface area contributed by atoms with Crippen molar-refractivity contribution < 1.29 is 23.5 Å². The van der Waals surface area contributed by atoms with Crippen molar-refractivity contribution in [2.75, 3.05) is 25.0 Å². The normalized spacial score (nSPS) is 13.7. The van der Waals surface area contributed by atoms with Crippen LogP contribution in [0.5, 0.6) is 11.5 Å². The van der Waals surface area contributed by atoms with Gasteiger partial charge in [0.25, 0.3) is 0 Å². The Balaban J connectivity index is 1.28. The predicted octanol–water partition coefficient (Wildman–Crippen LogP) is 3.99. The second kappa shape index (κ2) is 11.4. The number of anilines is 1. The molecule has 0 spiro atoms. The number of nitrogens with zero attached hydrogens (tertiary/aromatic N) is 2. The monoisotopic (exact) mass is 490 g/mol. The fourth-order valence-electron chi connectivity index (χ4n) is 3.95. The van der Waals surface area contributed by atoms with E-state index >= 15 is 0 Å². The van der Waals surface area contributed by atoms with Crippen LogP contribution in [-0.2, 0) is 14.4 Å². The van der Waals surface area contributed by atoms with E-state index in [1.54, 1.807) is 41.3 Å². The maximum atomic E-state index is 13.0. The number of hydrogen-bond donors (Lipinski definition) is 2. The van der Waals surface area contributed by atoms with Gasteiger partial charge in [0.2, 0.25) is 17.7 Å². The van der Waals surface area contributed by atoms with Crippen LogP contribution in [0.1, 0.15) is 19.8 Å². The lowest BCUT2D eigenvalue weighted by Crippen LogP contribution is -2.43. The van der Waals surface area contributed by atoms with Crippen molar-refractivity contribution in [3.05, 3.63) is 72.5 Å². The van der Waals surface area contributed by atoms with Gasteiger partial charge in [0.15, 0.2) is 0 Å². The summed E-state index contributed by atoms with van der Waals surface area (Å²) >= 11 is 0. The lowest BCUT2D eigenvalue weighted by molar-refractivity contribution is -0.134. The summed E-state index contributed by atoms with van der Waals surface area (Å²) in [6, 6.07) is 18.3. The van der Waals surface area contributed by atoms with Gasteiger partial charge in [0.1, 0.15) is 23.1 Å². The van der Waals surface area contributed by atoms with Gasteiger partial charge in [-0.2, -0.15) is 0 Å². The van der Waals surface area contributed by atoms with Crippen LogP contribution in [0.4, 0.5) is 10.2 Å². The molecular formula is C27H27FN4O4. The van der Waals surface area contributed by atoms with Crippen LogP contribution >= 0.6 is 0 Å². The first-order chi connectivity index (χ1) is 17.4. The van der Waals surface area contributed by atoms with Gasteiger partial charge in [-0.3, -0.25) is 14.4 Å². The first-order valence-corrected chi connectivity index (χ1v) is 11.7. The molecule has 1 saturated heterocycles. The maximum Gasteiger partial charge on any atom is 0.244 e. The number of benzene rings is 2. The van der Waals surface area contributed by atoms with Gasteiger partial charge in [0.05, 0.1) is 12.2 Å². The minimum Gasteiger partial charge on any atom is -0.457 e. The highest BCUT2D eigenvalue weighted by Crippen LogP contribution is 2.26. The molecule has 0 unspecified atom stereocenters. The van der Waals surface area contributed by atoms with E-state index < -0.39 is 0 Å². The fourth-order valence-corrected chi connectivity index (χ4v) is 3.95. The minimum absolute atomic E-state index is 0.0113. The molecule has 0 saturated carbocycles. The molecule has 186 valence electrons. The van der Waals surface area contributed by atoms with Crippen molar-refractivity contribution in [2.45, 2.75) is 19.8 Å². The van der Waals surface area contributed by atoms with Gasteiger partial charge in [-0.25, -0.2) is 9.37 Å². The standard InChI is InChI=1S/C27H27FN4O4/c1-18(33)32-15-13-20(14-16-32)27(35)29-17-26(34)31-25-4-2-3-24(30-25)19-5-9-22(10-6-19)36-23-11-7-21(28)8-12-23/h2-12,20H,13-17H2,1H3,(H,29,35)(H,30,31,34). The van der Waals surface area contributed by atoms with Gasteiger partial charge in [-0.15, -0.1) is 0 Å². The van der Waals surface area contributed by atoms with Crippen LogP contribution < -0.4 is 15.4 Å². The van der Waals surface area contributed by atoms with Crippen molar-refractivity contribution in [1.82, 2.24) is 15.2 Å². The SMILES string of the molecule is CC(=O)N1CCC(C(=O)NCC(=O)Nc2cccc(-c3ccc(Oc4ccc(F)cc4)cc3)n2)CC1. The summed E-state index contributed by atoms with van der Waals surface area (Å²) in [5.74, 6) is 0.410. The number of halogens is 1. The Morgan fingerprint density at radius 1 is 0.972 bits per heavy atom. The smallest absolute Gasteiger partial charge is 0.244 e. The number of nitrogens with one attached hydrogen (secondary N) is 2. The predicted molar refractivity (Wildman–Crippen MR) is 133 cm³/mol. The first-order valence-electron chi connectivity index (χ1n) is 11.7. The van der Waals surface area contributed by atoms with Crippen LogP contribution in [0.2, 0.25) is 0 Å². The van der Waals surface area contributed by atoms with E-state index in [1.165, 1.54) is 19.1 Å². The Morgan fingerprint density at radius 3 is 2.25 bits per heavy atom. The van der Waals surface area contributed by atoms with E-state index in [9.17, 15) is 18.8 Å². The quantitative estimate of drug-likeness (QED) is 0.522. The van der Waals surface area contributed by atoms with Gasteiger partial charge >= 0.3 is 0 Å². The largest absolute Gasteiger partial charge is 0.457 e. The van der Waals surface area contributed by atoms with Gasteiger partial charge in [-0.05, 0) is 73.5 Å². The molecule has 0 aliphatic carbocycles. The summed E-state index contributed by atoms with van der Waals surface area (Å²) in [6.45, 7) is 2.46. The van der Waals surface area contributed by atoms with Crippen molar-refractivity contribution in [1.29, 1.82) is 0 Å². The van der Waals surface area contributed by atoms with Gasteiger partial charge in [-0.1, -0.05) is 6.07 Å². The highest BCUT2D eigenvalue weighted by molar-refractivity contribution is 5.94. The van der Waals surface area contributed by atoms with Crippen LogP contribution in [0.3, 0.4) is 0 Å². The number of ether oxygens (including phenoxy) is 1. The molecule has 3 amide bonds. The zero-order valence-electron chi connectivity index (χ0n) is 19.9. The molecule has 3 aromatic rings. The highest BCUT2D eigenvalue weighted by atomic mass is 19.1. The molecule has 36 heavy (non-hydrogen) atoms. The van der Waals surface area contributed by atoms with Crippen molar-refractivity contribution in [3.63, 3.8) is 0 Å². The van der Waals surface area contributed by atoms with E-state index in [0.29, 0.717) is 48.9 Å². The zero-order chi connectivity index (χ0) is 25.5. The minimum atomic E-state index is -0.378. The topological polar surface area (TPSA) is 101 Å². The third-order valence-corrected chi connectivity index (χ3v) is 5.95. The molecule has 1 aliphatic rings. The van der Waals surface area contributed by atoms with Crippen molar-refractivity contribution in [2.24, 2.45) is 5.92 Å². The fraction of sp³-hybridized carbons (Fsp3) is 0.259. The molecule has 2 heterocycles. The molecular weight excluding hydrogens is 463 g/mol. The number of piperidine rings is 1. The lowest BCUT2D eigenvalue weighted by Gasteiger charge is -2.30. The molecule has 1 aliphatic heterocycles. The molecule has 1 fully saturated rings. The number of hydrogen-bond acceptors (Lipinski definition) is 5. The number of aromatic nitrogens is 1. The summed E-state index contributed by atoms with van der Waals surface area (Å²) in [4.78, 5) is 42.4. The number of likely N-dealkylation sites (tertiary alicyclic amines) is 1. The Hall–Kier alpha value is -4.27. The second-order valence-corrected chi connectivity index (χ2v) is 8.53. The van der Waals surface area contributed by atoms with E-state index in [4.69, 9.17) is 4.74 Å². The molecule has 0 bridgehead atoms. The second-order valence-electron chi connectivity index (χ2n) is 8.53. The van der Waals surface area contributed by atoms with E-state index in [1.807, 2.05) is 18.2 Å². The molecule has 2 aromatic carbocycles. The van der Waals surface area contributed by atoms with E-state index in [2.05, 4.69) is 15.6 Å². The lowest BCUT2D eigenvalue weighted by atomic mass is 9.96. The van der Waals surface area contributed by atoms with Crippen molar-refractivity contribution >= 4 is 23.5 Å². The van der Waals surface area contributed by atoms with Gasteiger partial charge in [0, 0.05) is 31.5 Å². The van der Waals surface area contributed by atoms with Gasteiger partial charge < -0.3 is 20.3 Å². The molecule has 0 radical (unpaired) electrons. The molecule has 1 aromatic heterocycles. The maximum absolute atomic E-state index is 13.0. The summed E-state index contributed by atoms with van der Waals surface area (Å²) in [5.41, 5.74) is 1.48. The average molecular weight is 491 g/mol. The Bertz CT molecular complexity index is 1220. The molecule has 4 rings (SSSR count). The molecule has 8 nitrogen and oxygen atoms in total. The average Bonchev–Trinajstić information content (AvgIpc) is 2.89. The molecule has 9 heteroatoms. The number of rotatable bonds is 7. The highest BCUT2D eigenvalue weighted by Gasteiger charge is 2.26.